The molecule has 0 atom stereocenters. The highest BCUT2D eigenvalue weighted by Gasteiger charge is 2.02. The van der Waals surface area contributed by atoms with Gasteiger partial charge in [-0.05, 0) is 12.1 Å². The Balaban J connectivity index is 3.34. The Kier molecular flexibility index (Phi) is 2.55. The summed E-state index contributed by atoms with van der Waals surface area (Å²) < 4.78 is 5.07. The topological polar surface area (TPSA) is 9.23 Å². The van der Waals surface area contributed by atoms with Gasteiger partial charge in [0.15, 0.2) is 0 Å². The Morgan fingerprint density at radius 3 is 2.75 bits per heavy atom. The fraction of sp³-hybridized carbons (Fsp3) is 0.0909. The maximum absolute atomic E-state index is 5.30. The minimum absolute atomic E-state index is 0.686. The molecule has 0 N–H and O–H groups in total. The molecule has 0 aliphatic rings. The zero-order valence-electron chi connectivity index (χ0n) is 6.92. The molecule has 1 rings (SSSR count). The number of ether oxygens (including phenoxy) is 1. The maximum atomic E-state index is 5.30. The van der Waals surface area contributed by atoms with E-state index in [9.17, 15) is 0 Å². The van der Waals surface area contributed by atoms with Crippen LogP contribution in [0.4, 0.5) is 0 Å². The molecule has 1 nitrogen and oxygen atoms in total. The Morgan fingerprint density at radius 1 is 1.50 bits per heavy atom. The summed E-state index contributed by atoms with van der Waals surface area (Å²) in [6.45, 7) is 3.54. The molecule has 0 aliphatic heterocycles. The molecule has 1 radical (unpaired) electrons. The van der Waals surface area contributed by atoms with Gasteiger partial charge in [0, 0.05) is 5.56 Å². The average Bonchev–Trinajstić information content (AvgIpc) is 2.16. The zero-order chi connectivity index (χ0) is 8.97. The van der Waals surface area contributed by atoms with E-state index < -0.39 is 0 Å². The van der Waals surface area contributed by atoms with Crippen molar-refractivity contribution >= 4 is 0 Å². The van der Waals surface area contributed by atoms with Crippen LogP contribution >= 0.6 is 0 Å². The van der Waals surface area contributed by atoms with Crippen LogP contribution in [0.2, 0.25) is 0 Å². The number of benzene rings is 1. The van der Waals surface area contributed by atoms with Gasteiger partial charge in [-0.2, -0.15) is 0 Å². The monoisotopic (exact) mass is 157 g/mol. The van der Waals surface area contributed by atoms with Crippen LogP contribution in [-0.2, 0) is 0 Å². The second-order valence-corrected chi connectivity index (χ2v) is 2.20. The predicted octanol–water partition coefficient (Wildman–Crippen LogP) is 2.01. The van der Waals surface area contributed by atoms with Gasteiger partial charge in [-0.1, -0.05) is 24.6 Å². The first kappa shape index (κ1) is 8.42. The first-order valence-corrected chi connectivity index (χ1v) is 3.50. The van der Waals surface area contributed by atoms with Crippen molar-refractivity contribution in [1.29, 1.82) is 0 Å². The third kappa shape index (κ3) is 1.33. The van der Waals surface area contributed by atoms with Crippen molar-refractivity contribution in [3.05, 3.63) is 42.0 Å². The van der Waals surface area contributed by atoms with Gasteiger partial charge in [0.05, 0.1) is 12.7 Å². The number of hydrogen-bond acceptors (Lipinski definition) is 1. The van der Waals surface area contributed by atoms with Crippen molar-refractivity contribution in [2.75, 3.05) is 7.11 Å². The standard InChI is InChI=1S/C11H9O/c1-4-9-7-6-8-11(12-3)10(9)5-2/h2,6-8H,1H2,3H3. The van der Waals surface area contributed by atoms with Crippen LogP contribution in [0.25, 0.3) is 0 Å². The summed E-state index contributed by atoms with van der Waals surface area (Å²) in [6.07, 6.45) is 8.05. The summed E-state index contributed by atoms with van der Waals surface area (Å²) in [4.78, 5) is 0. The third-order valence-corrected chi connectivity index (χ3v) is 1.58. The van der Waals surface area contributed by atoms with Gasteiger partial charge in [0.25, 0.3) is 0 Å². The van der Waals surface area contributed by atoms with Gasteiger partial charge in [-0.15, -0.1) is 6.42 Å². The highest BCUT2D eigenvalue weighted by Crippen LogP contribution is 2.20. The highest BCUT2D eigenvalue weighted by molar-refractivity contribution is 5.52. The fourth-order valence-electron chi connectivity index (χ4n) is 0.997. The molecule has 0 unspecified atom stereocenters. The quantitative estimate of drug-likeness (QED) is 0.597. The predicted molar refractivity (Wildman–Crippen MR) is 48.9 cm³/mol. The van der Waals surface area contributed by atoms with Crippen molar-refractivity contribution in [1.82, 2.24) is 0 Å². The molecule has 0 saturated heterocycles. The van der Waals surface area contributed by atoms with Gasteiger partial charge >= 0.3 is 0 Å². The molecule has 0 aliphatic carbocycles. The first-order chi connectivity index (χ1) is 5.83. The van der Waals surface area contributed by atoms with Gasteiger partial charge in [-0.3, -0.25) is 0 Å². The van der Waals surface area contributed by atoms with Crippen LogP contribution < -0.4 is 4.74 Å². The van der Waals surface area contributed by atoms with Crippen LogP contribution in [0.3, 0.4) is 0 Å². The number of terminal acetylenes is 1. The van der Waals surface area contributed by atoms with Crippen LogP contribution in [-0.4, -0.2) is 7.11 Å². The SMILES string of the molecule is C#Cc1c([C]=C)cccc1OC. The second kappa shape index (κ2) is 3.64. The summed E-state index contributed by atoms with van der Waals surface area (Å²) in [5, 5.41) is 0. The minimum atomic E-state index is 0.686. The molecule has 0 bridgehead atoms. The molecule has 1 aromatic carbocycles. The molecule has 0 amide bonds. The van der Waals surface area contributed by atoms with E-state index in [1.54, 1.807) is 7.11 Å². The van der Waals surface area contributed by atoms with E-state index in [2.05, 4.69) is 18.6 Å². The minimum Gasteiger partial charge on any atom is -0.495 e. The molecule has 0 heterocycles. The van der Waals surface area contributed by atoms with Gasteiger partial charge in [0.2, 0.25) is 0 Å². The van der Waals surface area contributed by atoms with E-state index in [-0.39, 0.29) is 0 Å². The van der Waals surface area contributed by atoms with E-state index in [4.69, 9.17) is 11.2 Å². The van der Waals surface area contributed by atoms with Crippen molar-refractivity contribution in [2.24, 2.45) is 0 Å². The molecule has 59 valence electrons. The Bertz CT molecular complexity index is 331. The Labute approximate surface area is 72.7 Å². The summed E-state index contributed by atoms with van der Waals surface area (Å²) in [5.74, 6) is 3.22. The van der Waals surface area contributed by atoms with Crippen molar-refractivity contribution in [2.45, 2.75) is 0 Å². The normalized spacial score (nSPS) is 8.67. The van der Waals surface area contributed by atoms with Crippen molar-refractivity contribution < 1.29 is 4.74 Å². The van der Waals surface area contributed by atoms with Gasteiger partial charge in [0.1, 0.15) is 5.75 Å². The molecule has 1 aromatic rings. The van der Waals surface area contributed by atoms with Crippen molar-refractivity contribution in [3.63, 3.8) is 0 Å². The fourth-order valence-corrected chi connectivity index (χ4v) is 0.997. The summed E-state index contributed by atoms with van der Waals surface area (Å²) in [6, 6.07) is 5.52. The average molecular weight is 157 g/mol. The number of methoxy groups -OCH3 is 1. The van der Waals surface area contributed by atoms with Crippen LogP contribution in [0.5, 0.6) is 5.75 Å². The Morgan fingerprint density at radius 2 is 2.25 bits per heavy atom. The maximum Gasteiger partial charge on any atom is 0.135 e. The van der Waals surface area contributed by atoms with Gasteiger partial charge in [-0.25, -0.2) is 0 Å². The van der Waals surface area contributed by atoms with E-state index in [0.717, 1.165) is 5.56 Å². The highest BCUT2D eigenvalue weighted by atomic mass is 16.5. The van der Waals surface area contributed by atoms with Crippen LogP contribution in [0.15, 0.2) is 24.8 Å². The summed E-state index contributed by atoms with van der Waals surface area (Å²) in [5.41, 5.74) is 1.51. The van der Waals surface area contributed by atoms with E-state index in [1.165, 1.54) is 0 Å². The molecular weight excluding hydrogens is 148 g/mol. The van der Waals surface area contributed by atoms with Gasteiger partial charge < -0.3 is 4.74 Å². The third-order valence-electron chi connectivity index (χ3n) is 1.58. The van der Waals surface area contributed by atoms with E-state index >= 15 is 0 Å². The lowest BCUT2D eigenvalue weighted by atomic mass is 10.1. The van der Waals surface area contributed by atoms with E-state index in [0.29, 0.717) is 11.3 Å². The lowest BCUT2D eigenvalue weighted by molar-refractivity contribution is 0.413. The smallest absolute Gasteiger partial charge is 0.135 e. The molecular formula is C11H9O. The van der Waals surface area contributed by atoms with Crippen LogP contribution in [0.1, 0.15) is 11.1 Å². The second-order valence-electron chi connectivity index (χ2n) is 2.20. The summed E-state index contributed by atoms with van der Waals surface area (Å²) >= 11 is 0. The zero-order valence-corrected chi connectivity index (χ0v) is 6.92. The summed E-state index contributed by atoms with van der Waals surface area (Å²) in [7, 11) is 1.59. The number of rotatable bonds is 2. The number of hydrogen-bond donors (Lipinski definition) is 0. The Hall–Kier alpha value is -1.68. The van der Waals surface area contributed by atoms with E-state index in [1.807, 2.05) is 18.2 Å². The first-order valence-electron chi connectivity index (χ1n) is 3.50. The van der Waals surface area contributed by atoms with Crippen molar-refractivity contribution in [3.8, 4) is 18.1 Å². The molecule has 0 aromatic heterocycles. The lowest BCUT2D eigenvalue weighted by Crippen LogP contribution is -1.90. The van der Waals surface area contributed by atoms with Crippen LogP contribution in [0, 0.1) is 18.4 Å². The molecule has 0 spiro atoms. The molecule has 0 fully saturated rings. The molecule has 12 heavy (non-hydrogen) atoms. The lowest BCUT2D eigenvalue weighted by Gasteiger charge is -2.04. The molecule has 1 heteroatoms. The molecule has 0 saturated carbocycles. The largest absolute Gasteiger partial charge is 0.495 e.